The van der Waals surface area contributed by atoms with Gasteiger partial charge in [0.25, 0.3) is 11.8 Å². The topological polar surface area (TPSA) is 230 Å². The number of aromatic nitrogens is 6. The van der Waals surface area contributed by atoms with Gasteiger partial charge < -0.3 is 41.7 Å². The van der Waals surface area contributed by atoms with Crippen LogP contribution in [0.3, 0.4) is 0 Å². The fourth-order valence-corrected chi connectivity index (χ4v) is 9.29. The Morgan fingerprint density at radius 1 is 0.592 bits per heavy atom. The normalized spacial score (nSPS) is 17.8. The number of benzene rings is 4. The summed E-state index contributed by atoms with van der Waals surface area (Å²) in [5.74, 6) is 1.00. The Kier molecular flexibility index (Phi) is 14.5. The van der Waals surface area contributed by atoms with Crippen LogP contribution in [0.15, 0.2) is 134 Å². The summed E-state index contributed by atoms with van der Waals surface area (Å²) >= 11 is 0. The number of aromatic amines is 2. The molecule has 16 nitrogen and oxygen atoms in total. The van der Waals surface area contributed by atoms with Crippen LogP contribution in [0, 0.1) is 0 Å². The SMILES string of the molecule is CC(C)(C)OC(=O)Nc1ccc(C(=O)N[C@H]2CCC[C@@H](Nc3nccc(-c4c[nH]c5ccccc45)n3)C2)cc1.Nc1ccc(C(=O)N[C@H]2CCC[C@@H](Nc3nccc(-c4c[nH]c5ccccc45)n3)C2)cc1. The van der Waals surface area contributed by atoms with E-state index in [0.29, 0.717) is 34.4 Å². The van der Waals surface area contributed by atoms with E-state index in [0.717, 1.165) is 95.7 Å². The maximum Gasteiger partial charge on any atom is 0.412 e. The van der Waals surface area contributed by atoms with Gasteiger partial charge in [-0.3, -0.25) is 14.9 Å². The molecular weight excluding hydrogens is 893 g/mol. The molecule has 0 saturated heterocycles. The minimum atomic E-state index is -0.581. The molecule has 2 aliphatic carbocycles. The quantitative estimate of drug-likeness (QED) is 0.0569. The van der Waals surface area contributed by atoms with Crippen molar-refractivity contribution in [3.63, 3.8) is 0 Å². The van der Waals surface area contributed by atoms with Gasteiger partial charge in [0.2, 0.25) is 11.9 Å². The fraction of sp³-hybridized carbons (Fsp3) is 0.291. The van der Waals surface area contributed by atoms with E-state index in [1.54, 1.807) is 81.7 Å². The number of carbonyl (C=O) groups is 3. The summed E-state index contributed by atoms with van der Waals surface area (Å²) in [4.78, 5) is 62.5. The lowest BCUT2D eigenvalue weighted by atomic mass is 9.91. The minimum absolute atomic E-state index is 0.0418. The van der Waals surface area contributed by atoms with E-state index in [1.165, 1.54) is 0 Å². The van der Waals surface area contributed by atoms with Crippen LogP contribution in [0.2, 0.25) is 0 Å². The van der Waals surface area contributed by atoms with E-state index in [4.69, 9.17) is 20.4 Å². The molecule has 4 aromatic heterocycles. The summed E-state index contributed by atoms with van der Waals surface area (Å²) in [5.41, 5.74) is 13.5. The Bertz CT molecular complexity index is 3110. The molecule has 71 heavy (non-hydrogen) atoms. The Morgan fingerprint density at radius 2 is 1.04 bits per heavy atom. The van der Waals surface area contributed by atoms with E-state index < -0.39 is 11.7 Å². The predicted molar refractivity (Wildman–Crippen MR) is 280 cm³/mol. The average Bonchev–Trinajstić information content (AvgIpc) is 4.00. The highest BCUT2D eigenvalue weighted by Crippen LogP contribution is 2.30. The van der Waals surface area contributed by atoms with Crippen LogP contribution in [-0.4, -0.2) is 77.6 Å². The van der Waals surface area contributed by atoms with Crippen LogP contribution in [0.1, 0.15) is 92.9 Å². The molecule has 4 heterocycles. The first-order valence-corrected chi connectivity index (χ1v) is 24.3. The van der Waals surface area contributed by atoms with Gasteiger partial charge in [-0.1, -0.05) is 36.4 Å². The number of carbonyl (C=O) groups excluding carboxylic acids is 3. The summed E-state index contributed by atoms with van der Waals surface area (Å²) < 4.78 is 5.27. The monoisotopic (exact) mass is 952 g/mol. The third kappa shape index (κ3) is 12.5. The zero-order valence-corrected chi connectivity index (χ0v) is 40.2. The largest absolute Gasteiger partial charge is 0.444 e. The number of ether oxygens (including phenoxy) is 1. The van der Waals surface area contributed by atoms with E-state index in [2.05, 4.69) is 64.7 Å². The lowest BCUT2D eigenvalue weighted by Gasteiger charge is -2.30. The Balaban J connectivity index is 0.000000179. The number of fused-ring (bicyclic) bond motifs is 2. The van der Waals surface area contributed by atoms with Crippen LogP contribution in [-0.2, 0) is 4.74 Å². The van der Waals surface area contributed by atoms with Crippen LogP contribution in [0.25, 0.3) is 44.3 Å². The molecule has 0 bridgehead atoms. The molecule has 4 aromatic carbocycles. The lowest BCUT2D eigenvalue weighted by Crippen LogP contribution is -2.42. The van der Waals surface area contributed by atoms with Gasteiger partial charge >= 0.3 is 6.09 Å². The Labute approximate surface area is 412 Å². The number of anilines is 4. The van der Waals surface area contributed by atoms with Gasteiger partial charge in [-0.2, -0.15) is 0 Å². The molecule has 16 heteroatoms. The molecule has 0 aliphatic heterocycles. The van der Waals surface area contributed by atoms with E-state index in [9.17, 15) is 14.4 Å². The van der Waals surface area contributed by atoms with Crippen molar-refractivity contribution in [3.05, 3.63) is 145 Å². The number of nitrogens with zero attached hydrogens (tertiary/aromatic N) is 4. The molecule has 0 radical (unpaired) electrons. The van der Waals surface area contributed by atoms with Crippen molar-refractivity contribution in [1.29, 1.82) is 0 Å². The van der Waals surface area contributed by atoms with Crippen molar-refractivity contribution >= 4 is 63.0 Å². The van der Waals surface area contributed by atoms with Gasteiger partial charge in [-0.25, -0.2) is 24.7 Å². The Hall–Kier alpha value is -8.27. The fourth-order valence-electron chi connectivity index (χ4n) is 9.29. The highest BCUT2D eigenvalue weighted by molar-refractivity contribution is 5.97. The molecular formula is C55H60N12O4. The first-order chi connectivity index (χ1) is 34.4. The number of nitrogens with one attached hydrogen (secondary N) is 7. The van der Waals surface area contributed by atoms with Crippen molar-refractivity contribution in [2.24, 2.45) is 0 Å². The van der Waals surface area contributed by atoms with Gasteiger partial charge in [0.05, 0.1) is 11.4 Å². The number of nitrogens with two attached hydrogens (primary N) is 1. The van der Waals surface area contributed by atoms with E-state index in [-0.39, 0.29) is 36.0 Å². The van der Waals surface area contributed by atoms with Crippen molar-refractivity contribution in [2.75, 3.05) is 21.7 Å². The number of amides is 3. The summed E-state index contributed by atoms with van der Waals surface area (Å²) in [6.07, 6.45) is 14.5. The number of para-hydroxylation sites is 2. The molecule has 2 aliphatic rings. The molecule has 0 unspecified atom stereocenters. The second kappa shape index (κ2) is 21.6. The molecule has 10 rings (SSSR count). The van der Waals surface area contributed by atoms with Crippen molar-refractivity contribution < 1.29 is 19.1 Å². The number of H-pyrrole nitrogens is 2. The Morgan fingerprint density at radius 3 is 1.52 bits per heavy atom. The van der Waals surface area contributed by atoms with Crippen LogP contribution in [0.5, 0.6) is 0 Å². The number of nitrogen functional groups attached to an aromatic ring is 1. The third-order valence-corrected chi connectivity index (χ3v) is 12.7. The van der Waals surface area contributed by atoms with Gasteiger partial charge in [-0.05, 0) is 145 Å². The second-order valence-electron chi connectivity index (χ2n) is 19.2. The summed E-state index contributed by atoms with van der Waals surface area (Å²) in [7, 11) is 0. The van der Waals surface area contributed by atoms with Gasteiger partial charge in [-0.15, -0.1) is 0 Å². The van der Waals surface area contributed by atoms with Gasteiger partial charge in [0.15, 0.2) is 0 Å². The van der Waals surface area contributed by atoms with Crippen LogP contribution < -0.4 is 32.3 Å². The molecule has 2 saturated carbocycles. The molecule has 3 amide bonds. The zero-order valence-electron chi connectivity index (χ0n) is 40.2. The van der Waals surface area contributed by atoms with Gasteiger partial charge in [0, 0.05) is 104 Å². The highest BCUT2D eigenvalue weighted by atomic mass is 16.6. The van der Waals surface area contributed by atoms with Crippen LogP contribution >= 0.6 is 0 Å². The third-order valence-electron chi connectivity index (χ3n) is 12.7. The number of rotatable bonds is 11. The van der Waals surface area contributed by atoms with Crippen molar-refractivity contribution in [3.8, 4) is 22.5 Å². The molecule has 9 N–H and O–H groups in total. The summed E-state index contributed by atoms with van der Waals surface area (Å²) in [6, 6.07) is 34.5. The molecule has 364 valence electrons. The molecule has 4 atom stereocenters. The summed E-state index contributed by atoms with van der Waals surface area (Å²) in [6.45, 7) is 5.42. The molecule has 0 spiro atoms. The zero-order chi connectivity index (χ0) is 49.3. The molecule has 8 aromatic rings. The maximum atomic E-state index is 12.9. The minimum Gasteiger partial charge on any atom is -0.444 e. The van der Waals surface area contributed by atoms with Gasteiger partial charge in [0.1, 0.15) is 5.60 Å². The first kappa shape index (κ1) is 47.8. The summed E-state index contributed by atoms with van der Waals surface area (Å²) in [5, 5.41) is 18.2. The highest BCUT2D eigenvalue weighted by Gasteiger charge is 2.26. The first-order valence-electron chi connectivity index (χ1n) is 24.3. The van der Waals surface area contributed by atoms with E-state index in [1.807, 2.05) is 54.9 Å². The number of hydrogen-bond acceptors (Lipinski definition) is 11. The number of hydrogen-bond donors (Lipinski definition) is 8. The smallest absolute Gasteiger partial charge is 0.412 e. The molecule has 2 fully saturated rings. The lowest BCUT2D eigenvalue weighted by molar-refractivity contribution is 0.0635. The van der Waals surface area contributed by atoms with Crippen molar-refractivity contribution in [1.82, 2.24) is 40.5 Å². The second-order valence-corrected chi connectivity index (χ2v) is 19.2. The van der Waals surface area contributed by atoms with E-state index >= 15 is 0 Å². The average molecular weight is 953 g/mol. The van der Waals surface area contributed by atoms with Crippen molar-refractivity contribution in [2.45, 2.75) is 102 Å². The standard InChI is InChI=1S/C30H34N6O3.C25H26N6O/c1-30(2,3)39-29(38)35-20-13-11-19(12-14-20)27(37)33-21-7-6-8-22(17-21)34-28-31-16-15-26(36-28)24-18-32-25-10-5-4-9-23(24)25;26-17-10-8-16(9-11-17)24(32)29-18-4-3-5-19(14-18)30-25-27-13-12-23(31-25)21-15-28-22-7-2-1-6-20(21)22/h4-5,9-16,18,21-22,32H,6-8,17H2,1-3H3,(H,33,37)(H,35,38)(H,31,34,36);1-2,6-13,15,18-19,28H,3-5,14,26H2,(H,29,32)(H,27,30,31)/t21-,22+;18-,19+/m00/s1. The van der Waals surface area contributed by atoms with Crippen LogP contribution in [0.4, 0.5) is 28.1 Å². The maximum absolute atomic E-state index is 12.9. The predicted octanol–water partition coefficient (Wildman–Crippen LogP) is 10.5.